The molecule has 0 fully saturated rings. The van der Waals surface area contributed by atoms with Gasteiger partial charge < -0.3 is 9.47 Å². The van der Waals surface area contributed by atoms with Crippen LogP contribution in [0.5, 0.6) is 0 Å². The largest absolute Gasteiger partial charge is 0.382 e. The molecule has 1 aromatic heterocycles. The van der Waals surface area contributed by atoms with Gasteiger partial charge in [0.05, 0.1) is 24.6 Å². The first-order valence-electron chi connectivity index (χ1n) is 9.71. The molecule has 0 bridgehead atoms. The van der Waals surface area contributed by atoms with Gasteiger partial charge in [0.15, 0.2) is 0 Å². The van der Waals surface area contributed by atoms with E-state index in [-0.39, 0.29) is 11.2 Å². The first-order valence-corrected chi connectivity index (χ1v) is 9.71. The molecule has 5 heteroatoms. The van der Waals surface area contributed by atoms with E-state index >= 15 is 0 Å². The summed E-state index contributed by atoms with van der Waals surface area (Å²) in [4.78, 5) is 0. The molecular weight excluding hydrogens is 343 g/mol. The third-order valence-corrected chi connectivity index (χ3v) is 5.46. The Balaban J connectivity index is 1.69. The van der Waals surface area contributed by atoms with Gasteiger partial charge in [-0.15, -0.1) is 0 Å². The van der Waals surface area contributed by atoms with Gasteiger partial charge >= 0.3 is 0 Å². The zero-order valence-electron chi connectivity index (χ0n) is 16.5. The summed E-state index contributed by atoms with van der Waals surface area (Å²) in [5, 5.41) is 8.74. The average Bonchev–Trinajstić information content (AvgIpc) is 2.90. The molecule has 0 N–H and O–H groups in total. The lowest BCUT2D eigenvalue weighted by Crippen LogP contribution is -2.18. The highest BCUT2D eigenvalue weighted by Gasteiger charge is 2.39. The van der Waals surface area contributed by atoms with E-state index in [1.807, 2.05) is 6.07 Å². The number of rotatable bonds is 9. The Kier molecular flexibility index (Phi) is 6.55. The van der Waals surface area contributed by atoms with Gasteiger partial charge in [-0.2, -0.15) is 10.2 Å². The van der Waals surface area contributed by atoms with E-state index in [4.69, 9.17) is 9.47 Å². The predicted molar refractivity (Wildman–Crippen MR) is 104 cm³/mol. The van der Waals surface area contributed by atoms with Crippen LogP contribution in [0.25, 0.3) is 11.3 Å². The fourth-order valence-electron chi connectivity index (χ4n) is 3.99. The van der Waals surface area contributed by atoms with Crippen LogP contribution in [0, 0.1) is 11.2 Å². The third kappa shape index (κ3) is 4.71. The number of hydrogen-bond acceptors (Lipinski definition) is 4. The van der Waals surface area contributed by atoms with Gasteiger partial charge in [0, 0.05) is 19.3 Å². The van der Waals surface area contributed by atoms with Crippen molar-refractivity contribution in [2.24, 2.45) is 5.41 Å². The molecule has 1 atom stereocenters. The van der Waals surface area contributed by atoms with E-state index in [9.17, 15) is 4.39 Å². The number of aromatic nitrogens is 2. The lowest BCUT2D eigenvalue weighted by Gasteiger charge is -2.27. The average molecular weight is 372 g/mol. The van der Waals surface area contributed by atoms with Crippen molar-refractivity contribution < 1.29 is 13.9 Å². The molecule has 1 aliphatic carbocycles. The maximum Gasteiger partial charge on any atom is 0.132 e. The quantitative estimate of drug-likeness (QED) is 0.594. The van der Waals surface area contributed by atoms with Crippen molar-refractivity contribution in [3.8, 4) is 11.3 Å². The number of unbranched alkanes of at least 4 members (excludes halogenated alkanes) is 1. The molecule has 2 aromatic rings. The maximum atomic E-state index is 14.2. The Hall–Kier alpha value is -1.85. The van der Waals surface area contributed by atoms with Crippen molar-refractivity contribution in [3.05, 3.63) is 47.4 Å². The van der Waals surface area contributed by atoms with Crippen molar-refractivity contribution in [2.75, 3.05) is 26.9 Å². The molecule has 0 aliphatic heterocycles. The van der Waals surface area contributed by atoms with Crippen LogP contribution >= 0.6 is 0 Å². The maximum absolute atomic E-state index is 14.2. The van der Waals surface area contributed by atoms with Crippen molar-refractivity contribution in [1.29, 1.82) is 0 Å². The lowest BCUT2D eigenvalue weighted by atomic mass is 9.77. The zero-order valence-corrected chi connectivity index (χ0v) is 16.5. The van der Waals surface area contributed by atoms with E-state index in [1.165, 1.54) is 11.6 Å². The smallest absolute Gasteiger partial charge is 0.132 e. The molecular formula is C22H29FN2O2. The topological polar surface area (TPSA) is 44.2 Å². The number of halogens is 1. The number of benzene rings is 1. The predicted octanol–water partition coefficient (Wildman–Crippen LogP) is 4.78. The SMILES string of the molecule is COCCOCCCC[C@@H]1c2cc(-c3ccccc3F)nnc2CC1(C)C. The molecule has 0 saturated heterocycles. The minimum atomic E-state index is -0.256. The molecule has 0 saturated carbocycles. The molecule has 27 heavy (non-hydrogen) atoms. The summed E-state index contributed by atoms with van der Waals surface area (Å²) < 4.78 is 24.7. The van der Waals surface area contributed by atoms with Crippen LogP contribution in [0.2, 0.25) is 0 Å². The van der Waals surface area contributed by atoms with Gasteiger partial charge in [0.1, 0.15) is 5.82 Å². The minimum absolute atomic E-state index is 0.141. The number of methoxy groups -OCH3 is 1. The van der Waals surface area contributed by atoms with Crippen molar-refractivity contribution in [1.82, 2.24) is 10.2 Å². The fraction of sp³-hybridized carbons (Fsp3) is 0.545. The standard InChI is InChI=1S/C22H29FN2O2/c1-22(2)15-21-17(18(22)9-6-7-11-27-13-12-26-3)14-20(24-25-21)16-8-4-5-10-19(16)23/h4-5,8,10,14,18H,6-7,9,11-13,15H2,1-3H3/t18-/m1/s1. The summed E-state index contributed by atoms with van der Waals surface area (Å²) in [5.41, 5.74) is 3.57. The van der Waals surface area contributed by atoms with E-state index in [1.54, 1.807) is 19.2 Å². The second kappa shape index (κ2) is 8.89. The number of nitrogens with zero attached hydrogens (tertiary/aromatic N) is 2. The highest BCUT2D eigenvalue weighted by molar-refractivity contribution is 5.61. The van der Waals surface area contributed by atoms with Crippen LogP contribution in [-0.2, 0) is 15.9 Å². The minimum Gasteiger partial charge on any atom is -0.382 e. The van der Waals surface area contributed by atoms with E-state index in [0.717, 1.165) is 38.0 Å². The van der Waals surface area contributed by atoms with Crippen molar-refractivity contribution >= 4 is 0 Å². The van der Waals surface area contributed by atoms with Crippen LogP contribution in [0.4, 0.5) is 4.39 Å². The van der Waals surface area contributed by atoms with Crippen LogP contribution in [0.15, 0.2) is 30.3 Å². The molecule has 146 valence electrons. The summed E-state index contributed by atoms with van der Waals surface area (Å²) in [7, 11) is 1.68. The Morgan fingerprint density at radius 3 is 2.70 bits per heavy atom. The van der Waals surface area contributed by atoms with Crippen molar-refractivity contribution in [3.63, 3.8) is 0 Å². The van der Waals surface area contributed by atoms with E-state index in [2.05, 4.69) is 30.1 Å². The molecule has 1 heterocycles. The normalized spacial score (nSPS) is 17.9. The van der Waals surface area contributed by atoms with Gasteiger partial charge in [0.25, 0.3) is 0 Å². The second-order valence-electron chi connectivity index (χ2n) is 7.93. The van der Waals surface area contributed by atoms with E-state index < -0.39 is 0 Å². The highest BCUT2D eigenvalue weighted by atomic mass is 19.1. The molecule has 1 aliphatic rings. The molecule has 0 amide bonds. The first kappa shape index (κ1) is 19.9. The zero-order chi connectivity index (χ0) is 19.3. The Morgan fingerprint density at radius 1 is 1.11 bits per heavy atom. The van der Waals surface area contributed by atoms with Gasteiger partial charge in [-0.05, 0) is 54.4 Å². The second-order valence-corrected chi connectivity index (χ2v) is 7.93. The third-order valence-electron chi connectivity index (χ3n) is 5.46. The number of hydrogen-bond donors (Lipinski definition) is 0. The molecule has 0 spiro atoms. The van der Waals surface area contributed by atoms with Crippen LogP contribution < -0.4 is 0 Å². The number of ether oxygens (including phenoxy) is 2. The summed E-state index contributed by atoms with van der Waals surface area (Å²) in [6, 6.07) is 8.81. The van der Waals surface area contributed by atoms with Gasteiger partial charge in [-0.25, -0.2) is 4.39 Å². The molecule has 0 unspecified atom stereocenters. The van der Waals surface area contributed by atoms with Gasteiger partial charge in [-0.3, -0.25) is 0 Å². The number of fused-ring (bicyclic) bond motifs is 1. The summed E-state index contributed by atoms with van der Waals surface area (Å²) >= 11 is 0. The van der Waals surface area contributed by atoms with Gasteiger partial charge in [0.2, 0.25) is 0 Å². The molecule has 4 nitrogen and oxygen atoms in total. The molecule has 3 rings (SSSR count). The molecule has 0 radical (unpaired) electrons. The van der Waals surface area contributed by atoms with Gasteiger partial charge in [-0.1, -0.05) is 32.4 Å². The van der Waals surface area contributed by atoms with E-state index in [0.29, 0.717) is 30.4 Å². The lowest BCUT2D eigenvalue weighted by molar-refractivity contribution is 0.0680. The first-order chi connectivity index (χ1) is 13.0. The van der Waals surface area contributed by atoms with Crippen LogP contribution in [0.3, 0.4) is 0 Å². The summed E-state index contributed by atoms with van der Waals surface area (Å²) in [6.07, 6.45) is 4.13. The Morgan fingerprint density at radius 2 is 1.93 bits per heavy atom. The summed E-state index contributed by atoms with van der Waals surface area (Å²) in [5.74, 6) is 0.154. The Bertz CT molecular complexity index is 764. The van der Waals surface area contributed by atoms with Crippen molar-refractivity contribution in [2.45, 2.75) is 45.4 Å². The monoisotopic (exact) mass is 372 g/mol. The summed E-state index contributed by atoms with van der Waals surface area (Å²) in [6.45, 7) is 6.63. The van der Waals surface area contributed by atoms with Crippen LogP contribution in [-0.4, -0.2) is 37.1 Å². The Labute approximate surface area is 161 Å². The molecule has 1 aromatic carbocycles. The highest BCUT2D eigenvalue weighted by Crippen LogP contribution is 2.49. The van der Waals surface area contributed by atoms with Crippen LogP contribution in [0.1, 0.15) is 50.3 Å². The fourth-order valence-corrected chi connectivity index (χ4v) is 3.99.